The van der Waals surface area contributed by atoms with Crippen LogP contribution in [0, 0.1) is 3.57 Å². The van der Waals surface area contributed by atoms with E-state index in [1.807, 2.05) is 22.6 Å². The Kier molecular flexibility index (Phi) is 4.65. The molecule has 0 unspecified atom stereocenters. The number of hydrogen-bond acceptors (Lipinski definition) is 2. The number of hydrogen-bond donors (Lipinski definition) is 1. The van der Waals surface area contributed by atoms with E-state index in [2.05, 4.69) is 20.9 Å². The van der Waals surface area contributed by atoms with Gasteiger partial charge < -0.3 is 5.11 Å². The van der Waals surface area contributed by atoms with Gasteiger partial charge in [-0.15, -0.1) is 0 Å². The largest absolute Gasteiger partial charge is 0.390 e. The van der Waals surface area contributed by atoms with Crippen LogP contribution in [-0.2, 0) is 11.9 Å². The van der Waals surface area contributed by atoms with Gasteiger partial charge in [-0.05, 0) is 28.2 Å². The van der Waals surface area contributed by atoms with Gasteiger partial charge >= 0.3 is 0 Å². The van der Waals surface area contributed by atoms with Gasteiger partial charge in [0.2, 0.25) is 0 Å². The lowest BCUT2D eigenvalue weighted by Crippen LogP contribution is -2.03. The molecule has 0 saturated heterocycles. The smallest absolute Gasteiger partial charge is 0.265 e. The molecule has 0 aliphatic heterocycles. The molecule has 0 aromatic carbocycles. The summed E-state index contributed by atoms with van der Waals surface area (Å²) < 4.78 is 25.6. The highest BCUT2D eigenvalue weighted by molar-refractivity contribution is 14.1. The van der Waals surface area contributed by atoms with E-state index in [1.54, 1.807) is 0 Å². The fourth-order valence-electron chi connectivity index (χ4n) is 1.02. The lowest BCUT2D eigenvalue weighted by molar-refractivity contribution is 0.149. The van der Waals surface area contributed by atoms with Gasteiger partial charge in [0.1, 0.15) is 0 Å². The fraction of sp³-hybridized carbons (Fsp3) is 0.375. The summed E-state index contributed by atoms with van der Waals surface area (Å²) in [5.74, 6) is 0. The fourth-order valence-corrected chi connectivity index (χ4v) is 2.96. The Morgan fingerprint density at radius 3 is 2.64 bits per heavy atom. The van der Waals surface area contributed by atoms with Gasteiger partial charge in [0, 0.05) is 20.7 Å². The van der Waals surface area contributed by atoms with E-state index < -0.39 is 6.43 Å². The number of aliphatic hydroxyl groups is 1. The zero-order valence-corrected chi connectivity index (χ0v) is 10.7. The van der Waals surface area contributed by atoms with E-state index in [1.165, 1.54) is 0 Å². The minimum absolute atomic E-state index is 0.0801. The first kappa shape index (κ1) is 12.3. The van der Waals surface area contributed by atoms with Crippen LogP contribution in [0.2, 0.25) is 0 Å². The lowest BCUT2D eigenvalue weighted by Gasteiger charge is -2.10. The van der Waals surface area contributed by atoms with Gasteiger partial charge in [0.25, 0.3) is 6.43 Å². The van der Waals surface area contributed by atoms with Crippen molar-refractivity contribution in [1.82, 2.24) is 4.98 Å². The molecule has 0 saturated carbocycles. The molecule has 0 aliphatic rings. The molecule has 0 fully saturated rings. The van der Waals surface area contributed by atoms with Crippen LogP contribution in [0.5, 0.6) is 0 Å². The second-order valence-electron chi connectivity index (χ2n) is 2.55. The first-order valence-electron chi connectivity index (χ1n) is 3.73. The summed E-state index contributed by atoms with van der Waals surface area (Å²) in [6.45, 7) is -0.234. The molecule has 0 aliphatic carbocycles. The Morgan fingerprint density at radius 1 is 1.57 bits per heavy atom. The van der Waals surface area contributed by atoms with Crippen LogP contribution in [0.3, 0.4) is 0 Å². The number of pyridine rings is 1. The van der Waals surface area contributed by atoms with Crippen molar-refractivity contribution >= 4 is 38.5 Å². The van der Waals surface area contributed by atoms with Crippen molar-refractivity contribution < 1.29 is 13.9 Å². The van der Waals surface area contributed by atoms with Crippen molar-refractivity contribution in [2.75, 3.05) is 0 Å². The second-order valence-corrected chi connectivity index (χ2v) is 4.18. The number of alkyl halides is 3. The van der Waals surface area contributed by atoms with E-state index in [0.29, 0.717) is 20.2 Å². The van der Waals surface area contributed by atoms with Gasteiger partial charge in [-0.25, -0.2) is 8.78 Å². The summed E-state index contributed by atoms with van der Waals surface area (Å²) in [5, 5.41) is 9.23. The molecule has 78 valence electrons. The minimum Gasteiger partial charge on any atom is -0.390 e. The zero-order chi connectivity index (χ0) is 10.7. The maximum atomic E-state index is 12.5. The Bertz CT molecular complexity index is 335. The molecule has 2 nitrogen and oxygen atoms in total. The van der Waals surface area contributed by atoms with Crippen LogP contribution in [0.1, 0.15) is 23.2 Å². The number of aliphatic hydroxyl groups excluding tert-OH is 1. The maximum absolute atomic E-state index is 12.5. The Hall–Kier alpha value is 0.180. The van der Waals surface area contributed by atoms with Crippen molar-refractivity contribution in [1.29, 1.82) is 0 Å². The van der Waals surface area contributed by atoms with Crippen molar-refractivity contribution in [2.45, 2.75) is 18.4 Å². The molecule has 1 N–H and O–H groups in total. The predicted octanol–water partition coefficient (Wildman–Crippen LogP) is 3.01. The van der Waals surface area contributed by atoms with Crippen molar-refractivity contribution in [3.63, 3.8) is 0 Å². The molecular weight excluding hydrogens is 371 g/mol. The van der Waals surface area contributed by atoms with Crippen molar-refractivity contribution in [2.24, 2.45) is 0 Å². The number of rotatable bonds is 3. The minimum atomic E-state index is -2.53. The number of halogens is 4. The predicted molar refractivity (Wildman–Crippen MR) is 60.5 cm³/mol. The number of aromatic nitrogens is 1. The van der Waals surface area contributed by atoms with E-state index >= 15 is 0 Å². The summed E-state index contributed by atoms with van der Waals surface area (Å²) in [4.78, 5) is 3.77. The third kappa shape index (κ3) is 2.40. The van der Waals surface area contributed by atoms with Gasteiger partial charge in [-0.2, -0.15) is 0 Å². The Morgan fingerprint density at radius 2 is 2.21 bits per heavy atom. The lowest BCUT2D eigenvalue weighted by atomic mass is 10.1. The summed E-state index contributed by atoms with van der Waals surface area (Å²) in [6.07, 6.45) is -1.41. The average molecular weight is 378 g/mol. The van der Waals surface area contributed by atoms with E-state index in [4.69, 9.17) is 5.11 Å². The SMILES string of the molecule is OCc1ncc(C(F)F)c(CBr)c1I. The van der Waals surface area contributed by atoms with Gasteiger partial charge in [-0.3, -0.25) is 4.98 Å². The maximum Gasteiger partial charge on any atom is 0.265 e. The topological polar surface area (TPSA) is 33.1 Å². The van der Waals surface area contributed by atoms with Gasteiger partial charge in [0.15, 0.2) is 0 Å². The first-order valence-corrected chi connectivity index (χ1v) is 5.93. The highest BCUT2D eigenvalue weighted by Crippen LogP contribution is 2.29. The molecule has 0 spiro atoms. The third-order valence-corrected chi connectivity index (χ3v) is 3.58. The molecular formula is C8H7BrF2INO. The molecule has 1 aromatic rings. The molecule has 1 heterocycles. The van der Waals surface area contributed by atoms with Gasteiger partial charge in [0.05, 0.1) is 12.3 Å². The molecule has 0 radical (unpaired) electrons. The molecule has 14 heavy (non-hydrogen) atoms. The summed E-state index contributed by atoms with van der Waals surface area (Å²) >= 11 is 5.06. The Balaban J connectivity index is 3.28. The van der Waals surface area contributed by atoms with Crippen LogP contribution < -0.4 is 0 Å². The summed E-state index contributed by atoms with van der Waals surface area (Å²) in [5.41, 5.74) is 0.854. The normalized spacial score (nSPS) is 11.0. The average Bonchev–Trinajstić information content (AvgIpc) is 2.17. The van der Waals surface area contributed by atoms with Crippen LogP contribution in [-0.4, -0.2) is 10.1 Å². The molecule has 1 aromatic heterocycles. The summed E-state index contributed by atoms with van der Waals surface area (Å²) in [6, 6.07) is 0. The standard InChI is InChI=1S/C8H7BrF2INO/c9-1-4-5(8(10)11)2-13-6(3-14)7(4)12/h2,8,14H,1,3H2. The van der Waals surface area contributed by atoms with Crippen molar-refractivity contribution in [3.8, 4) is 0 Å². The molecule has 0 amide bonds. The van der Waals surface area contributed by atoms with Crippen LogP contribution in [0.4, 0.5) is 8.78 Å². The summed E-state index contributed by atoms with van der Waals surface area (Å²) in [7, 11) is 0. The highest BCUT2D eigenvalue weighted by Gasteiger charge is 2.17. The van der Waals surface area contributed by atoms with Crippen LogP contribution in [0.25, 0.3) is 0 Å². The molecule has 1 rings (SSSR count). The van der Waals surface area contributed by atoms with Crippen LogP contribution >= 0.6 is 38.5 Å². The first-order chi connectivity index (χ1) is 6.61. The van der Waals surface area contributed by atoms with E-state index in [9.17, 15) is 8.78 Å². The Labute approximate surface area is 102 Å². The van der Waals surface area contributed by atoms with Crippen LogP contribution in [0.15, 0.2) is 6.20 Å². The highest BCUT2D eigenvalue weighted by atomic mass is 127. The quantitative estimate of drug-likeness (QED) is 0.648. The van der Waals surface area contributed by atoms with E-state index in [0.717, 1.165) is 6.20 Å². The second kappa shape index (κ2) is 5.32. The van der Waals surface area contributed by atoms with Gasteiger partial charge in [-0.1, -0.05) is 15.9 Å². The molecule has 0 atom stereocenters. The van der Waals surface area contributed by atoms with E-state index in [-0.39, 0.29) is 12.2 Å². The van der Waals surface area contributed by atoms with Crippen molar-refractivity contribution in [3.05, 3.63) is 26.6 Å². The monoisotopic (exact) mass is 377 g/mol. The number of nitrogens with zero attached hydrogens (tertiary/aromatic N) is 1. The molecule has 0 bridgehead atoms. The molecule has 6 heteroatoms. The zero-order valence-electron chi connectivity index (χ0n) is 6.98. The third-order valence-electron chi connectivity index (χ3n) is 1.74.